The third-order valence-corrected chi connectivity index (χ3v) is 4.29. The van der Waals surface area contributed by atoms with Crippen molar-refractivity contribution in [1.82, 2.24) is 14.3 Å². The Bertz CT molecular complexity index is 495. The molecule has 1 aromatic heterocycles. The zero-order valence-electron chi connectivity index (χ0n) is 11.3. The van der Waals surface area contributed by atoms with Crippen LogP contribution in [0, 0.1) is 0 Å². The molecule has 1 rings (SSSR count). The molecule has 0 atom stereocenters. The molecule has 0 aromatic carbocycles. The molecular formula is C10H20N6O2S. The van der Waals surface area contributed by atoms with E-state index in [0.29, 0.717) is 23.9 Å². The number of hydrazine groups is 1. The van der Waals surface area contributed by atoms with Gasteiger partial charge in [-0.2, -0.15) is 0 Å². The number of nitrogens with zero attached hydrogens (tertiary/aromatic N) is 3. The van der Waals surface area contributed by atoms with Gasteiger partial charge in [0.05, 0.1) is 5.75 Å². The lowest BCUT2D eigenvalue weighted by atomic mass is 10.4. The zero-order valence-corrected chi connectivity index (χ0v) is 12.2. The van der Waals surface area contributed by atoms with E-state index in [1.165, 1.54) is 18.4 Å². The quantitative estimate of drug-likeness (QED) is 0.463. The summed E-state index contributed by atoms with van der Waals surface area (Å²) in [6.45, 7) is 2.20. The van der Waals surface area contributed by atoms with Gasteiger partial charge in [0.25, 0.3) is 0 Å². The predicted molar refractivity (Wildman–Crippen MR) is 75.2 cm³/mol. The van der Waals surface area contributed by atoms with Crippen LogP contribution < -0.4 is 16.6 Å². The second-order valence-corrected chi connectivity index (χ2v) is 6.38. The van der Waals surface area contributed by atoms with Gasteiger partial charge < -0.3 is 10.7 Å². The topological polar surface area (TPSA) is 113 Å². The fourth-order valence-corrected chi connectivity index (χ4v) is 2.04. The normalized spacial score (nSPS) is 11.6. The van der Waals surface area contributed by atoms with Crippen LogP contribution in [0.15, 0.2) is 6.07 Å². The summed E-state index contributed by atoms with van der Waals surface area (Å²) in [6, 6.07) is 1.63. The van der Waals surface area contributed by atoms with Gasteiger partial charge in [-0.05, 0) is 0 Å². The molecular weight excluding hydrogens is 268 g/mol. The highest BCUT2D eigenvalue weighted by Crippen LogP contribution is 2.10. The van der Waals surface area contributed by atoms with Gasteiger partial charge in [0.1, 0.15) is 17.5 Å². The third kappa shape index (κ3) is 4.62. The minimum absolute atomic E-state index is 0.00313. The maximum absolute atomic E-state index is 11.6. The fraction of sp³-hybridized carbons (Fsp3) is 0.600. The van der Waals surface area contributed by atoms with Crippen molar-refractivity contribution in [1.29, 1.82) is 0 Å². The van der Waals surface area contributed by atoms with Crippen LogP contribution in [0.2, 0.25) is 0 Å². The maximum atomic E-state index is 11.6. The Morgan fingerprint density at radius 3 is 2.47 bits per heavy atom. The van der Waals surface area contributed by atoms with E-state index in [2.05, 4.69) is 20.7 Å². The third-order valence-electron chi connectivity index (χ3n) is 2.46. The lowest BCUT2D eigenvalue weighted by Gasteiger charge is -2.12. The number of rotatable bonds is 7. The van der Waals surface area contributed by atoms with Crippen LogP contribution in [0.1, 0.15) is 12.7 Å². The van der Waals surface area contributed by atoms with Crippen LogP contribution >= 0.6 is 0 Å². The van der Waals surface area contributed by atoms with Crippen LogP contribution in [0.5, 0.6) is 0 Å². The first-order chi connectivity index (χ1) is 8.89. The number of nitrogen functional groups attached to an aromatic ring is 1. The summed E-state index contributed by atoms with van der Waals surface area (Å²) in [6.07, 6.45) is 0.667. The molecule has 1 aromatic rings. The molecule has 0 spiro atoms. The second kappa shape index (κ2) is 6.64. The number of aryl methyl sites for hydroxylation is 1. The van der Waals surface area contributed by atoms with Crippen LogP contribution in [0.4, 0.5) is 11.6 Å². The van der Waals surface area contributed by atoms with Crippen molar-refractivity contribution >= 4 is 21.7 Å². The molecule has 4 N–H and O–H groups in total. The van der Waals surface area contributed by atoms with E-state index < -0.39 is 10.0 Å². The highest BCUT2D eigenvalue weighted by atomic mass is 32.2. The number of hydrogen-bond donors (Lipinski definition) is 3. The monoisotopic (exact) mass is 288 g/mol. The fourth-order valence-electron chi connectivity index (χ4n) is 1.31. The molecule has 0 saturated heterocycles. The zero-order chi connectivity index (χ0) is 14.5. The Labute approximate surface area is 113 Å². The Morgan fingerprint density at radius 1 is 1.32 bits per heavy atom. The summed E-state index contributed by atoms with van der Waals surface area (Å²) in [5, 5.41) is 2.95. The number of nitrogens with one attached hydrogen (secondary N) is 2. The summed E-state index contributed by atoms with van der Waals surface area (Å²) in [4.78, 5) is 8.38. The van der Waals surface area contributed by atoms with Gasteiger partial charge in [-0.25, -0.2) is 28.5 Å². The first kappa shape index (κ1) is 15.6. The molecule has 1 heterocycles. The van der Waals surface area contributed by atoms with Gasteiger partial charge in [-0.3, -0.25) is 0 Å². The summed E-state index contributed by atoms with van der Waals surface area (Å²) in [7, 11) is -0.201. The highest BCUT2D eigenvalue weighted by Gasteiger charge is 2.13. The van der Waals surface area contributed by atoms with Gasteiger partial charge in [0.15, 0.2) is 0 Å². The van der Waals surface area contributed by atoms with Gasteiger partial charge in [-0.15, -0.1) is 0 Å². The van der Waals surface area contributed by atoms with E-state index in [9.17, 15) is 8.42 Å². The lowest BCUT2D eigenvalue weighted by molar-refractivity contribution is 0.521. The van der Waals surface area contributed by atoms with E-state index in [1.807, 2.05) is 6.92 Å². The Balaban J connectivity index is 2.68. The molecule has 0 bridgehead atoms. The van der Waals surface area contributed by atoms with Gasteiger partial charge in [0, 0.05) is 33.1 Å². The molecule has 8 nitrogen and oxygen atoms in total. The average molecular weight is 288 g/mol. The predicted octanol–water partition coefficient (Wildman–Crippen LogP) is -0.372. The standard InChI is InChI=1S/C10H20N6O2S/c1-4-8-13-9(7-10(14-8)15-11)12-5-6-19(17,18)16(2)3/h7H,4-6,11H2,1-3H3,(H2,12,13,14,15). The van der Waals surface area contributed by atoms with Crippen molar-refractivity contribution in [3.8, 4) is 0 Å². The van der Waals surface area contributed by atoms with Crippen molar-refractivity contribution in [2.75, 3.05) is 37.1 Å². The average Bonchev–Trinajstić information content (AvgIpc) is 2.37. The van der Waals surface area contributed by atoms with E-state index in [0.717, 1.165) is 0 Å². The van der Waals surface area contributed by atoms with E-state index in [-0.39, 0.29) is 12.3 Å². The number of nitrogens with two attached hydrogens (primary N) is 1. The van der Waals surface area contributed by atoms with E-state index in [1.54, 1.807) is 6.07 Å². The number of sulfonamides is 1. The van der Waals surface area contributed by atoms with Gasteiger partial charge >= 0.3 is 0 Å². The van der Waals surface area contributed by atoms with Crippen molar-refractivity contribution in [3.05, 3.63) is 11.9 Å². The molecule has 0 aliphatic heterocycles. The lowest BCUT2D eigenvalue weighted by Crippen LogP contribution is -2.28. The summed E-state index contributed by atoms with van der Waals surface area (Å²) in [5.41, 5.74) is 2.45. The molecule has 108 valence electrons. The van der Waals surface area contributed by atoms with Crippen molar-refractivity contribution in [2.24, 2.45) is 5.84 Å². The van der Waals surface area contributed by atoms with E-state index in [4.69, 9.17) is 5.84 Å². The minimum Gasteiger partial charge on any atom is -0.369 e. The summed E-state index contributed by atoms with van der Waals surface area (Å²) >= 11 is 0. The highest BCUT2D eigenvalue weighted by molar-refractivity contribution is 7.89. The van der Waals surface area contributed by atoms with Gasteiger partial charge in [-0.1, -0.05) is 6.92 Å². The Hall–Kier alpha value is -1.45. The molecule has 0 fully saturated rings. The molecule has 19 heavy (non-hydrogen) atoms. The SMILES string of the molecule is CCc1nc(NN)cc(NCCS(=O)(=O)N(C)C)n1. The minimum atomic E-state index is -3.21. The number of aromatic nitrogens is 2. The first-order valence-corrected chi connectivity index (χ1v) is 7.48. The van der Waals surface area contributed by atoms with Crippen LogP contribution in [-0.4, -0.2) is 49.1 Å². The Kier molecular flexibility index (Phi) is 5.45. The first-order valence-electron chi connectivity index (χ1n) is 5.87. The Morgan fingerprint density at radius 2 is 1.95 bits per heavy atom. The molecule has 0 saturated carbocycles. The largest absolute Gasteiger partial charge is 0.369 e. The molecule has 0 aliphatic rings. The second-order valence-electron chi connectivity index (χ2n) is 4.08. The molecule has 0 unspecified atom stereocenters. The van der Waals surface area contributed by atoms with Crippen molar-refractivity contribution in [2.45, 2.75) is 13.3 Å². The molecule has 0 radical (unpaired) electrons. The number of hydrogen-bond acceptors (Lipinski definition) is 7. The summed E-state index contributed by atoms with van der Waals surface area (Å²) < 4.78 is 24.4. The van der Waals surface area contributed by atoms with Crippen LogP contribution in [-0.2, 0) is 16.4 Å². The van der Waals surface area contributed by atoms with Crippen molar-refractivity contribution < 1.29 is 8.42 Å². The van der Waals surface area contributed by atoms with Crippen LogP contribution in [0.25, 0.3) is 0 Å². The molecule has 0 amide bonds. The number of anilines is 2. The smallest absolute Gasteiger partial charge is 0.215 e. The van der Waals surface area contributed by atoms with Crippen LogP contribution in [0.3, 0.4) is 0 Å². The summed E-state index contributed by atoms with van der Waals surface area (Å²) in [5.74, 6) is 6.98. The van der Waals surface area contributed by atoms with E-state index >= 15 is 0 Å². The molecule has 9 heteroatoms. The van der Waals surface area contributed by atoms with Gasteiger partial charge in [0.2, 0.25) is 10.0 Å². The van der Waals surface area contributed by atoms with Crippen molar-refractivity contribution in [3.63, 3.8) is 0 Å². The maximum Gasteiger partial charge on any atom is 0.215 e. The molecule has 0 aliphatic carbocycles.